The molecule has 0 aliphatic heterocycles. The molecule has 0 unspecified atom stereocenters. The van der Waals surface area contributed by atoms with Crippen LogP contribution in [0.25, 0.3) is 6.08 Å². The minimum atomic E-state index is -0.634. The van der Waals surface area contributed by atoms with Crippen molar-refractivity contribution >= 4 is 40.9 Å². The zero-order chi connectivity index (χ0) is 19.8. The van der Waals surface area contributed by atoms with Gasteiger partial charge in [0.1, 0.15) is 17.7 Å². The van der Waals surface area contributed by atoms with E-state index in [4.69, 9.17) is 37.9 Å². The van der Waals surface area contributed by atoms with E-state index in [1.165, 1.54) is 19.3 Å². The van der Waals surface area contributed by atoms with Crippen LogP contribution in [0.2, 0.25) is 10.0 Å². The molecule has 2 aromatic rings. The third-order valence-corrected chi connectivity index (χ3v) is 3.90. The van der Waals surface area contributed by atoms with Crippen LogP contribution in [0.5, 0.6) is 11.5 Å². The van der Waals surface area contributed by atoms with Gasteiger partial charge < -0.3 is 14.8 Å². The van der Waals surface area contributed by atoms with Crippen LogP contribution in [-0.4, -0.2) is 19.6 Å². The van der Waals surface area contributed by atoms with Crippen molar-refractivity contribution in [3.05, 3.63) is 57.6 Å². The fourth-order valence-corrected chi connectivity index (χ4v) is 2.44. The lowest BCUT2D eigenvalue weighted by Crippen LogP contribution is -2.13. The number of nitriles is 2. The average Bonchev–Trinajstić information content (AvgIpc) is 2.67. The smallest absolute Gasteiger partial charge is 0.266 e. The molecule has 0 aliphatic carbocycles. The zero-order valence-electron chi connectivity index (χ0n) is 14.1. The lowest BCUT2D eigenvalue weighted by molar-refractivity contribution is -0.112. The van der Waals surface area contributed by atoms with Crippen LogP contribution >= 0.6 is 23.2 Å². The summed E-state index contributed by atoms with van der Waals surface area (Å²) in [6.07, 6.45) is 1.39. The lowest BCUT2D eigenvalue weighted by Gasteiger charge is -2.09. The molecule has 2 aromatic carbocycles. The monoisotopic (exact) mass is 401 g/mol. The Morgan fingerprint density at radius 1 is 1.19 bits per heavy atom. The van der Waals surface area contributed by atoms with Gasteiger partial charge in [0.05, 0.1) is 17.8 Å². The summed E-state index contributed by atoms with van der Waals surface area (Å²) in [7, 11) is 1.45. The van der Waals surface area contributed by atoms with E-state index in [0.29, 0.717) is 32.8 Å². The highest BCUT2D eigenvalue weighted by Gasteiger charge is 2.13. The molecule has 1 N–H and O–H groups in total. The number of ether oxygens (including phenoxy) is 2. The van der Waals surface area contributed by atoms with Crippen molar-refractivity contribution in [2.24, 2.45) is 0 Å². The minimum absolute atomic E-state index is 0.127. The lowest BCUT2D eigenvalue weighted by atomic mass is 10.1. The summed E-state index contributed by atoms with van der Waals surface area (Å²) in [5.74, 6) is 0.116. The molecule has 0 radical (unpaired) electrons. The van der Waals surface area contributed by atoms with Crippen molar-refractivity contribution in [3.63, 3.8) is 0 Å². The molecule has 0 saturated heterocycles. The van der Waals surface area contributed by atoms with Gasteiger partial charge in [0, 0.05) is 5.02 Å². The molecule has 0 saturated carbocycles. The molecule has 0 aliphatic rings. The van der Waals surface area contributed by atoms with Crippen LogP contribution in [-0.2, 0) is 4.79 Å². The van der Waals surface area contributed by atoms with E-state index < -0.39 is 5.91 Å². The predicted molar refractivity (Wildman–Crippen MR) is 103 cm³/mol. The van der Waals surface area contributed by atoms with Gasteiger partial charge in [-0.3, -0.25) is 4.79 Å². The largest absolute Gasteiger partial charge is 0.493 e. The van der Waals surface area contributed by atoms with Crippen molar-refractivity contribution in [1.82, 2.24) is 0 Å². The highest BCUT2D eigenvalue weighted by atomic mass is 35.5. The maximum atomic E-state index is 12.4. The summed E-state index contributed by atoms with van der Waals surface area (Å²) in [4.78, 5) is 12.4. The van der Waals surface area contributed by atoms with Gasteiger partial charge in [-0.05, 0) is 42.0 Å². The molecule has 27 heavy (non-hydrogen) atoms. The zero-order valence-corrected chi connectivity index (χ0v) is 15.6. The molecular weight excluding hydrogens is 389 g/mol. The molecule has 0 heterocycles. The van der Waals surface area contributed by atoms with Gasteiger partial charge in [0.25, 0.3) is 5.91 Å². The normalized spacial score (nSPS) is 10.5. The molecule has 0 aromatic heterocycles. The van der Waals surface area contributed by atoms with Gasteiger partial charge in [-0.15, -0.1) is 0 Å². The van der Waals surface area contributed by atoms with E-state index >= 15 is 0 Å². The molecule has 1 amide bonds. The first-order valence-electron chi connectivity index (χ1n) is 7.54. The van der Waals surface area contributed by atoms with Gasteiger partial charge in [0.2, 0.25) is 0 Å². The SMILES string of the molecule is COc1cc(/C=C(\C#N)C(=O)Nc2cc(Cl)ccc2Cl)ccc1OCC#N. The minimum Gasteiger partial charge on any atom is -0.493 e. The highest BCUT2D eigenvalue weighted by molar-refractivity contribution is 6.36. The molecule has 0 bridgehead atoms. The van der Waals surface area contributed by atoms with Gasteiger partial charge in [-0.25, -0.2) is 0 Å². The molecule has 8 heteroatoms. The molecular formula is C19H13Cl2N3O3. The van der Waals surface area contributed by atoms with Crippen molar-refractivity contribution in [1.29, 1.82) is 10.5 Å². The quantitative estimate of drug-likeness (QED) is 0.569. The average molecular weight is 402 g/mol. The number of hydrogen-bond acceptors (Lipinski definition) is 5. The van der Waals surface area contributed by atoms with E-state index in [2.05, 4.69) is 5.32 Å². The first-order valence-corrected chi connectivity index (χ1v) is 8.30. The van der Waals surface area contributed by atoms with Crippen LogP contribution < -0.4 is 14.8 Å². The summed E-state index contributed by atoms with van der Waals surface area (Å²) in [5, 5.41) is 21.2. The Kier molecular flexibility index (Phi) is 7.08. The highest BCUT2D eigenvalue weighted by Crippen LogP contribution is 2.29. The molecule has 136 valence electrons. The third kappa shape index (κ3) is 5.39. The number of amides is 1. The number of benzene rings is 2. The number of anilines is 1. The number of nitrogens with one attached hydrogen (secondary N) is 1. The van der Waals surface area contributed by atoms with Crippen molar-refractivity contribution in [2.45, 2.75) is 0 Å². The van der Waals surface area contributed by atoms with Crippen LogP contribution in [0, 0.1) is 22.7 Å². The van der Waals surface area contributed by atoms with Crippen molar-refractivity contribution in [2.75, 3.05) is 19.0 Å². The van der Waals surface area contributed by atoms with Gasteiger partial charge in [0.15, 0.2) is 18.1 Å². The molecule has 6 nitrogen and oxygen atoms in total. The fraction of sp³-hybridized carbons (Fsp3) is 0.105. The van der Waals surface area contributed by atoms with Crippen molar-refractivity contribution < 1.29 is 14.3 Å². The Morgan fingerprint density at radius 3 is 2.63 bits per heavy atom. The Balaban J connectivity index is 2.27. The predicted octanol–water partition coefficient (Wildman–Crippen LogP) is 4.45. The number of rotatable bonds is 6. The van der Waals surface area contributed by atoms with E-state index in [-0.39, 0.29) is 12.2 Å². The van der Waals surface area contributed by atoms with Gasteiger partial charge in [-0.1, -0.05) is 29.3 Å². The van der Waals surface area contributed by atoms with Crippen LogP contribution in [0.3, 0.4) is 0 Å². The standard InChI is InChI=1S/C19H13Cl2N3O3/c1-26-18-9-12(2-5-17(18)27-7-6-22)8-13(11-23)19(25)24-16-10-14(20)3-4-15(16)21/h2-5,8-10H,7H2,1H3,(H,24,25)/b13-8+. The molecule has 0 atom stereocenters. The number of methoxy groups -OCH3 is 1. The van der Waals surface area contributed by atoms with Crippen LogP contribution in [0.4, 0.5) is 5.69 Å². The summed E-state index contributed by atoms with van der Waals surface area (Å²) in [6.45, 7) is -0.127. The first kappa shape index (κ1) is 20.1. The summed E-state index contributed by atoms with van der Waals surface area (Å²) >= 11 is 11.9. The summed E-state index contributed by atoms with van der Waals surface area (Å²) < 4.78 is 10.4. The summed E-state index contributed by atoms with van der Waals surface area (Å²) in [6, 6.07) is 13.1. The van der Waals surface area contributed by atoms with Crippen molar-refractivity contribution in [3.8, 4) is 23.6 Å². The topological polar surface area (TPSA) is 95.1 Å². The van der Waals surface area contributed by atoms with Gasteiger partial charge >= 0.3 is 0 Å². The number of nitrogens with zero attached hydrogens (tertiary/aromatic N) is 2. The van der Waals surface area contributed by atoms with Crippen LogP contribution in [0.1, 0.15) is 5.56 Å². The molecule has 2 rings (SSSR count). The molecule has 0 fully saturated rings. The van der Waals surface area contributed by atoms with Gasteiger partial charge in [-0.2, -0.15) is 10.5 Å². The summed E-state index contributed by atoms with van der Waals surface area (Å²) in [5.41, 5.74) is 0.701. The third-order valence-electron chi connectivity index (χ3n) is 3.33. The van der Waals surface area contributed by atoms with E-state index in [1.54, 1.807) is 30.3 Å². The number of halogens is 2. The Labute approximate surface area is 166 Å². The Bertz CT molecular complexity index is 975. The maximum absolute atomic E-state index is 12.4. The number of carbonyl (C=O) groups excluding carboxylic acids is 1. The number of carbonyl (C=O) groups is 1. The Hall–Kier alpha value is -3.19. The second kappa shape index (κ2) is 9.49. The first-order chi connectivity index (χ1) is 13.0. The molecule has 0 spiro atoms. The van der Waals surface area contributed by atoms with E-state index in [0.717, 1.165) is 0 Å². The van der Waals surface area contributed by atoms with Crippen LogP contribution in [0.15, 0.2) is 42.0 Å². The fourth-order valence-electron chi connectivity index (χ4n) is 2.10. The van der Waals surface area contributed by atoms with E-state index in [9.17, 15) is 10.1 Å². The number of hydrogen-bond donors (Lipinski definition) is 1. The Morgan fingerprint density at radius 2 is 1.96 bits per heavy atom. The second-order valence-corrected chi connectivity index (χ2v) is 5.95. The van der Waals surface area contributed by atoms with E-state index in [1.807, 2.05) is 12.1 Å². The maximum Gasteiger partial charge on any atom is 0.266 e. The second-order valence-electron chi connectivity index (χ2n) is 5.11.